The van der Waals surface area contributed by atoms with Crippen molar-refractivity contribution in [1.29, 1.82) is 0 Å². The predicted molar refractivity (Wildman–Crippen MR) is 70.5 cm³/mol. The summed E-state index contributed by atoms with van der Waals surface area (Å²) in [5, 5.41) is 6.40. The molecule has 3 rings (SSSR count). The maximum absolute atomic E-state index is 12.1. The maximum atomic E-state index is 12.1. The first-order valence-electron chi connectivity index (χ1n) is 6.59. The molecule has 0 saturated carbocycles. The Morgan fingerprint density at radius 2 is 2.26 bits per heavy atom. The second kappa shape index (κ2) is 4.74. The number of hydrogen-bond donors (Lipinski definition) is 2. The van der Waals surface area contributed by atoms with Gasteiger partial charge in [0, 0.05) is 17.6 Å². The standard InChI is InChI=1S/C14H18N2O3/c1-14(5-2-6-16-14)8-15-13(17)10-3-4-11-12(7-10)19-9-18-11/h3-4,7,16H,2,5-6,8-9H2,1H3,(H,15,17). The minimum absolute atomic E-state index is 0.0198. The first-order valence-corrected chi connectivity index (χ1v) is 6.59. The molecule has 0 spiro atoms. The van der Waals surface area contributed by atoms with Gasteiger partial charge in [-0.15, -0.1) is 0 Å². The Hall–Kier alpha value is -1.75. The van der Waals surface area contributed by atoms with Crippen LogP contribution in [0.25, 0.3) is 0 Å². The number of fused-ring (bicyclic) bond motifs is 1. The quantitative estimate of drug-likeness (QED) is 0.861. The normalized spacial score (nSPS) is 24.5. The van der Waals surface area contributed by atoms with Crippen molar-refractivity contribution in [3.8, 4) is 11.5 Å². The lowest BCUT2D eigenvalue weighted by Crippen LogP contribution is -2.47. The van der Waals surface area contributed by atoms with Gasteiger partial charge in [0.1, 0.15) is 0 Å². The van der Waals surface area contributed by atoms with Gasteiger partial charge in [-0.3, -0.25) is 4.79 Å². The molecule has 0 aliphatic carbocycles. The van der Waals surface area contributed by atoms with E-state index in [4.69, 9.17) is 9.47 Å². The molecule has 1 saturated heterocycles. The molecule has 1 unspecified atom stereocenters. The van der Waals surface area contributed by atoms with Crippen LogP contribution in [0.5, 0.6) is 11.5 Å². The van der Waals surface area contributed by atoms with Crippen LogP contribution in [-0.4, -0.2) is 31.3 Å². The number of rotatable bonds is 3. The highest BCUT2D eigenvalue weighted by molar-refractivity contribution is 5.95. The summed E-state index contributed by atoms with van der Waals surface area (Å²) in [7, 11) is 0. The fourth-order valence-corrected chi connectivity index (χ4v) is 2.52. The van der Waals surface area contributed by atoms with Gasteiger partial charge in [-0.05, 0) is 44.5 Å². The third-order valence-corrected chi connectivity index (χ3v) is 3.73. The topological polar surface area (TPSA) is 59.6 Å². The van der Waals surface area contributed by atoms with Crippen molar-refractivity contribution in [1.82, 2.24) is 10.6 Å². The van der Waals surface area contributed by atoms with E-state index in [1.807, 2.05) is 0 Å². The minimum Gasteiger partial charge on any atom is -0.454 e. The fourth-order valence-electron chi connectivity index (χ4n) is 2.52. The summed E-state index contributed by atoms with van der Waals surface area (Å²) in [5.74, 6) is 1.26. The average molecular weight is 262 g/mol. The fraction of sp³-hybridized carbons (Fsp3) is 0.500. The Balaban J connectivity index is 1.64. The third kappa shape index (κ3) is 2.51. The summed E-state index contributed by atoms with van der Waals surface area (Å²) < 4.78 is 10.5. The number of benzene rings is 1. The largest absolute Gasteiger partial charge is 0.454 e. The molecule has 19 heavy (non-hydrogen) atoms. The molecule has 5 nitrogen and oxygen atoms in total. The van der Waals surface area contributed by atoms with Crippen molar-refractivity contribution in [2.45, 2.75) is 25.3 Å². The molecule has 1 aromatic carbocycles. The molecule has 1 fully saturated rings. The number of carbonyl (C=O) groups excluding carboxylic acids is 1. The average Bonchev–Trinajstić information content (AvgIpc) is 3.04. The van der Waals surface area contributed by atoms with E-state index in [2.05, 4.69) is 17.6 Å². The van der Waals surface area contributed by atoms with Gasteiger partial charge in [-0.25, -0.2) is 0 Å². The van der Waals surface area contributed by atoms with E-state index >= 15 is 0 Å². The van der Waals surface area contributed by atoms with Crippen molar-refractivity contribution >= 4 is 5.91 Å². The summed E-state index contributed by atoms with van der Waals surface area (Å²) >= 11 is 0. The Kier molecular flexibility index (Phi) is 3.06. The zero-order valence-corrected chi connectivity index (χ0v) is 11.0. The molecular weight excluding hydrogens is 244 g/mol. The highest BCUT2D eigenvalue weighted by Crippen LogP contribution is 2.32. The van der Waals surface area contributed by atoms with E-state index in [1.165, 1.54) is 0 Å². The zero-order valence-electron chi connectivity index (χ0n) is 11.0. The monoisotopic (exact) mass is 262 g/mol. The SMILES string of the molecule is CC1(CNC(=O)c2ccc3c(c2)OCO3)CCCN1. The van der Waals surface area contributed by atoms with Crippen LogP contribution in [0, 0.1) is 0 Å². The highest BCUT2D eigenvalue weighted by atomic mass is 16.7. The van der Waals surface area contributed by atoms with E-state index in [1.54, 1.807) is 18.2 Å². The molecule has 2 aliphatic heterocycles. The van der Waals surface area contributed by atoms with Crippen molar-refractivity contribution in [3.63, 3.8) is 0 Å². The van der Waals surface area contributed by atoms with Crippen molar-refractivity contribution in [2.24, 2.45) is 0 Å². The van der Waals surface area contributed by atoms with Gasteiger partial charge >= 0.3 is 0 Å². The number of nitrogens with one attached hydrogen (secondary N) is 2. The predicted octanol–water partition coefficient (Wildman–Crippen LogP) is 1.29. The second-order valence-corrected chi connectivity index (χ2v) is 5.34. The van der Waals surface area contributed by atoms with Gasteiger partial charge in [-0.1, -0.05) is 0 Å². The molecule has 2 N–H and O–H groups in total. The Morgan fingerprint density at radius 3 is 3.05 bits per heavy atom. The molecule has 5 heteroatoms. The van der Waals surface area contributed by atoms with Gasteiger partial charge in [0.15, 0.2) is 11.5 Å². The molecule has 1 amide bonds. The molecule has 102 valence electrons. The molecule has 1 aromatic rings. The number of carbonyl (C=O) groups is 1. The van der Waals surface area contributed by atoms with Crippen LogP contribution < -0.4 is 20.1 Å². The van der Waals surface area contributed by atoms with E-state index < -0.39 is 0 Å². The van der Waals surface area contributed by atoms with E-state index in [-0.39, 0.29) is 18.2 Å². The molecule has 0 bridgehead atoms. The Bertz CT molecular complexity index is 495. The van der Waals surface area contributed by atoms with Crippen LogP contribution in [0.15, 0.2) is 18.2 Å². The van der Waals surface area contributed by atoms with Gasteiger partial charge < -0.3 is 20.1 Å². The van der Waals surface area contributed by atoms with E-state index in [0.29, 0.717) is 23.6 Å². The summed E-state index contributed by atoms with van der Waals surface area (Å²) in [6.07, 6.45) is 2.25. The lowest BCUT2D eigenvalue weighted by atomic mass is 10.0. The van der Waals surface area contributed by atoms with Crippen LogP contribution in [-0.2, 0) is 0 Å². The van der Waals surface area contributed by atoms with Gasteiger partial charge in [0.05, 0.1) is 0 Å². The molecule has 0 radical (unpaired) electrons. The van der Waals surface area contributed by atoms with Crippen LogP contribution in [0.3, 0.4) is 0 Å². The molecule has 2 heterocycles. The smallest absolute Gasteiger partial charge is 0.251 e. The Morgan fingerprint density at radius 1 is 1.42 bits per heavy atom. The van der Waals surface area contributed by atoms with Crippen molar-refractivity contribution in [3.05, 3.63) is 23.8 Å². The summed E-state index contributed by atoms with van der Waals surface area (Å²) in [6.45, 7) is 4.03. The van der Waals surface area contributed by atoms with Crippen LogP contribution in [0.1, 0.15) is 30.1 Å². The lowest BCUT2D eigenvalue weighted by Gasteiger charge is -2.24. The first kappa shape index (κ1) is 12.3. The number of hydrogen-bond acceptors (Lipinski definition) is 4. The van der Waals surface area contributed by atoms with E-state index in [0.717, 1.165) is 19.4 Å². The summed E-state index contributed by atoms with van der Waals surface area (Å²) in [5.41, 5.74) is 0.622. The molecule has 1 atom stereocenters. The number of ether oxygens (including phenoxy) is 2. The van der Waals surface area contributed by atoms with E-state index in [9.17, 15) is 4.79 Å². The molecule has 2 aliphatic rings. The Labute approximate surface area is 112 Å². The van der Waals surface area contributed by atoms with Crippen molar-refractivity contribution in [2.75, 3.05) is 19.9 Å². The van der Waals surface area contributed by atoms with Gasteiger partial charge in [0.25, 0.3) is 5.91 Å². The summed E-state index contributed by atoms with van der Waals surface area (Å²) in [6, 6.07) is 5.25. The third-order valence-electron chi connectivity index (χ3n) is 3.73. The zero-order chi connectivity index (χ0) is 13.3. The van der Waals surface area contributed by atoms with Crippen molar-refractivity contribution < 1.29 is 14.3 Å². The van der Waals surface area contributed by atoms with Gasteiger partial charge in [0.2, 0.25) is 6.79 Å². The van der Waals surface area contributed by atoms with Crippen LogP contribution >= 0.6 is 0 Å². The van der Waals surface area contributed by atoms with Crippen LogP contribution in [0.2, 0.25) is 0 Å². The maximum Gasteiger partial charge on any atom is 0.251 e. The molecular formula is C14H18N2O3. The summed E-state index contributed by atoms with van der Waals surface area (Å²) in [4.78, 5) is 12.1. The number of amides is 1. The highest BCUT2D eigenvalue weighted by Gasteiger charge is 2.28. The van der Waals surface area contributed by atoms with Gasteiger partial charge in [-0.2, -0.15) is 0 Å². The minimum atomic E-state index is -0.0757. The second-order valence-electron chi connectivity index (χ2n) is 5.34. The first-order chi connectivity index (χ1) is 9.16. The molecule has 0 aromatic heterocycles. The van der Waals surface area contributed by atoms with Crippen LogP contribution in [0.4, 0.5) is 0 Å². The lowest BCUT2D eigenvalue weighted by molar-refractivity contribution is 0.0942.